The van der Waals surface area contributed by atoms with E-state index >= 15 is 0 Å². The standard InChI is InChI=1S/C49H42N2/c1-34-24-25-41(30-45(34)47-32-44(38-18-10-5-11-19-38)31-46(49(47)50)39-20-12-6-13-21-39)42-26-27-51-48(40-22-14-7-15-23-40)33-43(29-36(3)35(2)28-42)37-16-8-4-9-17-37/h4-23,25-34H,3,24,50H2,1-2H3/b35-28?,42-26+,43-29+,48-33-,51-27+. The second-order valence-electron chi connectivity index (χ2n) is 13.2. The minimum absolute atomic E-state index is 0.284. The fourth-order valence-corrected chi connectivity index (χ4v) is 6.73. The van der Waals surface area contributed by atoms with E-state index in [-0.39, 0.29) is 5.92 Å². The van der Waals surface area contributed by atoms with Gasteiger partial charge in [-0.05, 0) is 105 Å². The topological polar surface area (TPSA) is 38.4 Å². The summed E-state index contributed by atoms with van der Waals surface area (Å²) in [4.78, 5) is 5.06. The molecular formula is C49H42N2. The number of anilines is 1. The first-order valence-corrected chi connectivity index (χ1v) is 17.6. The van der Waals surface area contributed by atoms with Crippen LogP contribution >= 0.6 is 0 Å². The highest BCUT2D eigenvalue weighted by atomic mass is 14.7. The van der Waals surface area contributed by atoms with E-state index < -0.39 is 0 Å². The van der Waals surface area contributed by atoms with E-state index in [1.165, 1.54) is 11.1 Å². The molecule has 51 heavy (non-hydrogen) atoms. The predicted octanol–water partition coefficient (Wildman–Crippen LogP) is 12.6. The third-order valence-corrected chi connectivity index (χ3v) is 9.69. The lowest BCUT2D eigenvalue weighted by Gasteiger charge is -2.25. The number of hydrogen-bond acceptors (Lipinski definition) is 2. The average molecular weight is 659 g/mol. The SMILES string of the molecule is C=C1\C=C(c2ccccc2)/C=C(c2ccccc2)\N=C\C=C(\C2=CCC(C)C(c3cc(-c4ccccc4)cc(-c4ccccc4)c3N)=C2)C=C1C. The smallest absolute Gasteiger partial charge is 0.0708 e. The number of allylic oxidation sites excluding steroid dienone is 12. The molecule has 0 aromatic heterocycles. The van der Waals surface area contributed by atoms with Crippen molar-refractivity contribution in [2.75, 3.05) is 5.73 Å². The zero-order chi connectivity index (χ0) is 35.2. The van der Waals surface area contributed by atoms with Crippen LogP contribution in [0.25, 0.3) is 39.1 Å². The van der Waals surface area contributed by atoms with E-state index in [1.807, 2.05) is 24.4 Å². The minimum atomic E-state index is 0.284. The van der Waals surface area contributed by atoms with Gasteiger partial charge >= 0.3 is 0 Å². The fourth-order valence-electron chi connectivity index (χ4n) is 6.73. The van der Waals surface area contributed by atoms with Gasteiger partial charge in [0.25, 0.3) is 0 Å². The molecule has 5 aromatic carbocycles. The first kappa shape index (κ1) is 33.3. The Morgan fingerprint density at radius 3 is 1.80 bits per heavy atom. The summed E-state index contributed by atoms with van der Waals surface area (Å²) in [5.74, 6) is 0.284. The molecule has 2 nitrogen and oxygen atoms in total. The van der Waals surface area contributed by atoms with Gasteiger partial charge in [-0.2, -0.15) is 0 Å². The number of aliphatic imine (C=N–C) groups is 1. The third-order valence-electron chi connectivity index (χ3n) is 9.69. The summed E-state index contributed by atoms with van der Waals surface area (Å²) in [6.45, 7) is 8.95. The summed E-state index contributed by atoms with van der Waals surface area (Å²) in [6, 6.07) is 46.3. The number of nitrogen functional groups attached to an aromatic ring is 1. The lowest BCUT2D eigenvalue weighted by molar-refractivity contribution is 0.754. The molecule has 5 aromatic rings. The van der Waals surface area contributed by atoms with Gasteiger partial charge in [-0.3, -0.25) is 4.99 Å². The molecule has 0 spiro atoms. The molecule has 2 heteroatoms. The molecule has 0 amide bonds. The van der Waals surface area contributed by atoms with Crippen LogP contribution in [-0.2, 0) is 0 Å². The lowest BCUT2D eigenvalue weighted by Crippen LogP contribution is -2.08. The van der Waals surface area contributed by atoms with Crippen molar-refractivity contribution in [3.63, 3.8) is 0 Å². The third kappa shape index (κ3) is 7.51. The number of hydrogen-bond donors (Lipinski definition) is 1. The maximum absolute atomic E-state index is 7.12. The van der Waals surface area contributed by atoms with Crippen LogP contribution in [0.4, 0.5) is 5.69 Å². The predicted molar refractivity (Wildman–Crippen MR) is 220 cm³/mol. The van der Waals surface area contributed by atoms with Crippen LogP contribution in [0.15, 0.2) is 204 Å². The van der Waals surface area contributed by atoms with E-state index in [9.17, 15) is 0 Å². The molecule has 0 saturated heterocycles. The number of rotatable bonds is 6. The summed E-state index contributed by atoms with van der Waals surface area (Å²) in [7, 11) is 0. The summed E-state index contributed by atoms with van der Waals surface area (Å²) < 4.78 is 0. The second kappa shape index (κ2) is 15.1. The fraction of sp³-hybridized carbons (Fsp3) is 0.0816. The van der Waals surface area contributed by atoms with E-state index in [4.69, 9.17) is 10.7 Å². The second-order valence-corrected chi connectivity index (χ2v) is 13.2. The average Bonchev–Trinajstić information content (AvgIpc) is 3.21. The largest absolute Gasteiger partial charge is 0.398 e. The Kier molecular flexibility index (Phi) is 9.85. The molecule has 248 valence electrons. The van der Waals surface area contributed by atoms with Crippen molar-refractivity contribution >= 4 is 28.7 Å². The van der Waals surface area contributed by atoms with Crippen molar-refractivity contribution in [1.29, 1.82) is 0 Å². The van der Waals surface area contributed by atoms with Crippen LogP contribution in [0.1, 0.15) is 37.0 Å². The van der Waals surface area contributed by atoms with Crippen LogP contribution in [0, 0.1) is 5.92 Å². The van der Waals surface area contributed by atoms with Crippen molar-refractivity contribution in [2.24, 2.45) is 10.9 Å². The minimum Gasteiger partial charge on any atom is -0.398 e. The molecule has 1 heterocycles. The molecule has 0 radical (unpaired) electrons. The van der Waals surface area contributed by atoms with Crippen LogP contribution in [-0.4, -0.2) is 6.21 Å². The molecule has 1 atom stereocenters. The normalized spacial score (nSPS) is 20.2. The van der Waals surface area contributed by atoms with Crippen LogP contribution < -0.4 is 5.73 Å². The summed E-state index contributed by atoms with van der Waals surface area (Å²) >= 11 is 0. The van der Waals surface area contributed by atoms with Crippen molar-refractivity contribution < 1.29 is 0 Å². The Hall–Kier alpha value is -6.25. The van der Waals surface area contributed by atoms with Gasteiger partial charge < -0.3 is 5.73 Å². The van der Waals surface area contributed by atoms with Gasteiger partial charge in [-0.1, -0.05) is 153 Å². The molecular weight excluding hydrogens is 617 g/mol. The summed E-state index contributed by atoms with van der Waals surface area (Å²) in [6.07, 6.45) is 16.2. The number of nitrogens with two attached hydrogens (primary N) is 1. The Labute approximate surface area is 302 Å². The molecule has 0 bridgehead atoms. The maximum Gasteiger partial charge on any atom is 0.0708 e. The molecule has 2 aliphatic rings. The molecule has 1 unspecified atom stereocenters. The molecule has 7 rings (SSSR count). The zero-order valence-electron chi connectivity index (χ0n) is 29.3. The van der Waals surface area contributed by atoms with Gasteiger partial charge in [0.15, 0.2) is 0 Å². The Balaban J connectivity index is 1.35. The first-order valence-electron chi connectivity index (χ1n) is 17.6. The Morgan fingerprint density at radius 2 is 1.16 bits per heavy atom. The number of benzene rings is 5. The highest BCUT2D eigenvalue weighted by Crippen LogP contribution is 2.43. The van der Waals surface area contributed by atoms with Gasteiger partial charge in [-0.25, -0.2) is 0 Å². The maximum atomic E-state index is 7.12. The molecule has 1 aliphatic heterocycles. The van der Waals surface area contributed by atoms with Gasteiger partial charge in [0.05, 0.1) is 5.70 Å². The lowest BCUT2D eigenvalue weighted by atomic mass is 9.80. The van der Waals surface area contributed by atoms with E-state index in [0.717, 1.165) is 79.1 Å². The summed E-state index contributed by atoms with van der Waals surface area (Å²) in [5, 5.41) is 0. The van der Waals surface area contributed by atoms with Gasteiger partial charge in [-0.15, -0.1) is 0 Å². The van der Waals surface area contributed by atoms with Crippen LogP contribution in [0.3, 0.4) is 0 Å². The highest BCUT2D eigenvalue weighted by Gasteiger charge is 2.22. The summed E-state index contributed by atoms with van der Waals surface area (Å²) in [5.41, 5.74) is 23.1. The van der Waals surface area contributed by atoms with Gasteiger partial charge in [0.2, 0.25) is 0 Å². The van der Waals surface area contributed by atoms with E-state index in [0.29, 0.717) is 0 Å². The van der Waals surface area contributed by atoms with E-state index in [2.05, 4.69) is 172 Å². The van der Waals surface area contributed by atoms with E-state index in [1.54, 1.807) is 0 Å². The monoisotopic (exact) mass is 658 g/mol. The molecule has 0 fully saturated rings. The molecule has 0 saturated carbocycles. The van der Waals surface area contributed by atoms with Gasteiger partial charge in [0.1, 0.15) is 0 Å². The molecule has 2 N–H and O–H groups in total. The van der Waals surface area contributed by atoms with Gasteiger partial charge in [0, 0.05) is 28.6 Å². The number of nitrogens with zero attached hydrogens (tertiary/aromatic N) is 1. The van der Waals surface area contributed by atoms with Crippen LogP contribution in [0.2, 0.25) is 0 Å². The first-order chi connectivity index (χ1) is 24.9. The zero-order valence-corrected chi connectivity index (χ0v) is 29.3. The van der Waals surface area contributed by atoms with Crippen molar-refractivity contribution in [3.8, 4) is 22.3 Å². The van der Waals surface area contributed by atoms with Crippen molar-refractivity contribution in [3.05, 3.63) is 215 Å². The quantitative estimate of drug-likeness (QED) is 0.181. The van der Waals surface area contributed by atoms with Crippen molar-refractivity contribution in [1.82, 2.24) is 0 Å². The van der Waals surface area contributed by atoms with Crippen molar-refractivity contribution in [2.45, 2.75) is 20.3 Å². The Morgan fingerprint density at radius 1 is 0.588 bits per heavy atom. The Bertz CT molecular complexity index is 2280. The highest BCUT2D eigenvalue weighted by molar-refractivity contribution is 5.94. The molecule has 1 aliphatic carbocycles. The van der Waals surface area contributed by atoms with Crippen LogP contribution in [0.5, 0.6) is 0 Å².